The van der Waals surface area contributed by atoms with E-state index in [1.807, 2.05) is 0 Å². The number of carboxylic acids is 1. The summed E-state index contributed by atoms with van der Waals surface area (Å²) in [6.45, 7) is 1.66. The maximum atomic E-state index is 10.8. The number of aliphatic carboxylic acids is 1. The summed E-state index contributed by atoms with van der Waals surface area (Å²) in [6.07, 6.45) is -1.57. The number of rotatable bonds is 6. The first-order chi connectivity index (χ1) is 9.49. The molecule has 0 aromatic heterocycles. The predicted molar refractivity (Wildman–Crippen MR) is 69.5 cm³/mol. The predicted octanol–water partition coefficient (Wildman–Crippen LogP) is 0.434. The number of hydrogen-bond acceptors (Lipinski definition) is 6. The second kappa shape index (κ2) is 7.70. The van der Waals surface area contributed by atoms with Crippen LogP contribution in [0.3, 0.4) is 0 Å². The summed E-state index contributed by atoms with van der Waals surface area (Å²) in [4.78, 5) is 10.8. The highest BCUT2D eigenvalue weighted by atomic mass is 16.7. The molecule has 0 aromatic carbocycles. The molecular formula is C13H22O7. The van der Waals surface area contributed by atoms with E-state index in [-0.39, 0.29) is 0 Å². The number of methoxy groups -OCH3 is 4. The molecule has 7 heteroatoms. The van der Waals surface area contributed by atoms with Crippen molar-refractivity contribution >= 4 is 5.97 Å². The summed E-state index contributed by atoms with van der Waals surface area (Å²) in [6, 6.07) is 0. The molecule has 116 valence electrons. The molecule has 0 saturated carbocycles. The third-order valence-corrected chi connectivity index (χ3v) is 3.34. The van der Waals surface area contributed by atoms with Gasteiger partial charge in [0, 0.05) is 34.5 Å². The molecule has 1 fully saturated rings. The molecular weight excluding hydrogens is 268 g/mol. The highest BCUT2D eigenvalue weighted by Gasteiger charge is 2.47. The van der Waals surface area contributed by atoms with Crippen LogP contribution in [0.15, 0.2) is 11.6 Å². The Morgan fingerprint density at radius 2 is 1.55 bits per heavy atom. The van der Waals surface area contributed by atoms with E-state index in [1.54, 1.807) is 6.92 Å². The van der Waals surface area contributed by atoms with Gasteiger partial charge in [0.05, 0.1) is 0 Å². The molecule has 1 rings (SSSR count). The van der Waals surface area contributed by atoms with E-state index in [1.165, 1.54) is 28.4 Å². The van der Waals surface area contributed by atoms with Crippen molar-refractivity contribution in [2.24, 2.45) is 0 Å². The summed E-state index contributed by atoms with van der Waals surface area (Å²) < 4.78 is 27.2. The Labute approximate surface area is 118 Å². The third-order valence-electron chi connectivity index (χ3n) is 3.34. The lowest BCUT2D eigenvalue weighted by Gasteiger charge is -2.44. The molecule has 0 spiro atoms. The van der Waals surface area contributed by atoms with Crippen LogP contribution in [0.4, 0.5) is 0 Å². The van der Waals surface area contributed by atoms with Gasteiger partial charge in [0.25, 0.3) is 0 Å². The van der Waals surface area contributed by atoms with Gasteiger partial charge in [-0.05, 0) is 12.5 Å². The minimum atomic E-state index is -1.04. The largest absolute Gasteiger partial charge is 0.478 e. The van der Waals surface area contributed by atoms with Gasteiger partial charge in [-0.15, -0.1) is 0 Å². The fourth-order valence-electron chi connectivity index (χ4n) is 2.42. The highest BCUT2D eigenvalue weighted by molar-refractivity contribution is 5.80. The molecule has 1 N–H and O–H groups in total. The van der Waals surface area contributed by atoms with Crippen LogP contribution in [-0.2, 0) is 28.5 Å². The minimum Gasteiger partial charge on any atom is -0.478 e. The van der Waals surface area contributed by atoms with E-state index in [4.69, 9.17) is 28.8 Å². The Hall–Kier alpha value is -0.990. The molecule has 1 aliphatic rings. The number of carbonyl (C=O) groups is 1. The zero-order chi connectivity index (χ0) is 15.3. The standard InChI is InChI=1S/C13H22O7/c1-7(6-8(14)15)9-10(16-2)11(17-3)12(18-4)13(19-5)20-9/h6,9-13H,1-5H3,(H,14,15)/b7-6+/t9-,10-,11+,12-,13+/m1/s1. The van der Waals surface area contributed by atoms with Crippen molar-refractivity contribution in [1.29, 1.82) is 0 Å². The van der Waals surface area contributed by atoms with Crippen LogP contribution in [0, 0.1) is 0 Å². The van der Waals surface area contributed by atoms with Crippen molar-refractivity contribution in [3.8, 4) is 0 Å². The summed E-state index contributed by atoms with van der Waals surface area (Å²) >= 11 is 0. The van der Waals surface area contributed by atoms with Crippen LogP contribution in [0.1, 0.15) is 6.92 Å². The SMILES string of the molecule is CO[C@H]1O[C@H](/C(C)=C/C(=O)O)[C@@H](OC)[C@H](OC)[C@H]1OC. The van der Waals surface area contributed by atoms with Crippen molar-refractivity contribution in [2.75, 3.05) is 28.4 Å². The first-order valence-electron chi connectivity index (χ1n) is 6.17. The Morgan fingerprint density at radius 3 is 1.95 bits per heavy atom. The number of hydrogen-bond donors (Lipinski definition) is 1. The van der Waals surface area contributed by atoms with Crippen molar-refractivity contribution in [1.82, 2.24) is 0 Å². The van der Waals surface area contributed by atoms with Crippen LogP contribution in [-0.4, -0.2) is 70.2 Å². The van der Waals surface area contributed by atoms with Gasteiger partial charge in [0.1, 0.15) is 24.4 Å². The zero-order valence-electron chi connectivity index (χ0n) is 12.4. The summed E-state index contributed by atoms with van der Waals surface area (Å²) in [5.41, 5.74) is 0.517. The molecule has 0 bridgehead atoms. The molecule has 0 radical (unpaired) electrons. The van der Waals surface area contributed by atoms with E-state index >= 15 is 0 Å². The third kappa shape index (κ3) is 3.56. The number of carboxylic acid groups (broad SMARTS) is 1. The first-order valence-corrected chi connectivity index (χ1v) is 6.17. The topological polar surface area (TPSA) is 83.5 Å². The summed E-state index contributed by atoms with van der Waals surface area (Å²) in [5, 5.41) is 8.86. The molecule has 20 heavy (non-hydrogen) atoms. The Balaban J connectivity index is 3.08. The maximum Gasteiger partial charge on any atom is 0.328 e. The molecule has 0 amide bonds. The molecule has 0 unspecified atom stereocenters. The van der Waals surface area contributed by atoms with Crippen molar-refractivity contribution in [2.45, 2.75) is 37.6 Å². The van der Waals surface area contributed by atoms with Gasteiger partial charge < -0.3 is 28.8 Å². The molecule has 0 aromatic rings. The normalized spacial score (nSPS) is 35.0. The maximum absolute atomic E-state index is 10.8. The quantitative estimate of drug-likeness (QED) is 0.710. The first kappa shape index (κ1) is 17.1. The van der Waals surface area contributed by atoms with Crippen LogP contribution in [0.2, 0.25) is 0 Å². The van der Waals surface area contributed by atoms with Crippen LogP contribution >= 0.6 is 0 Å². The molecule has 0 aliphatic carbocycles. The minimum absolute atomic E-state index is 0.439. The van der Waals surface area contributed by atoms with Crippen LogP contribution in [0.5, 0.6) is 0 Å². The van der Waals surface area contributed by atoms with Gasteiger partial charge in [-0.3, -0.25) is 0 Å². The Bertz CT molecular complexity index is 355. The van der Waals surface area contributed by atoms with E-state index in [2.05, 4.69) is 0 Å². The van der Waals surface area contributed by atoms with Gasteiger partial charge in [0.2, 0.25) is 0 Å². The van der Waals surface area contributed by atoms with E-state index in [0.717, 1.165) is 6.08 Å². The average Bonchev–Trinajstić information content (AvgIpc) is 2.43. The number of ether oxygens (including phenoxy) is 5. The Kier molecular flexibility index (Phi) is 6.57. The molecule has 1 aliphatic heterocycles. The zero-order valence-corrected chi connectivity index (χ0v) is 12.4. The molecule has 1 heterocycles. The molecule has 7 nitrogen and oxygen atoms in total. The smallest absolute Gasteiger partial charge is 0.328 e. The summed E-state index contributed by atoms with van der Waals surface area (Å²) in [5.74, 6) is -1.04. The highest BCUT2D eigenvalue weighted by Crippen LogP contribution is 2.30. The lowest BCUT2D eigenvalue weighted by molar-refractivity contribution is -0.295. The van der Waals surface area contributed by atoms with Gasteiger partial charge in [0.15, 0.2) is 6.29 Å². The van der Waals surface area contributed by atoms with E-state index in [9.17, 15) is 4.79 Å². The van der Waals surface area contributed by atoms with Crippen LogP contribution < -0.4 is 0 Å². The lowest BCUT2D eigenvalue weighted by atomic mass is 9.93. The Morgan fingerprint density at radius 1 is 1.00 bits per heavy atom. The average molecular weight is 290 g/mol. The van der Waals surface area contributed by atoms with Crippen molar-refractivity contribution < 1.29 is 33.6 Å². The lowest BCUT2D eigenvalue weighted by Crippen LogP contribution is -2.60. The fourth-order valence-corrected chi connectivity index (χ4v) is 2.42. The van der Waals surface area contributed by atoms with Crippen molar-refractivity contribution in [3.05, 3.63) is 11.6 Å². The monoisotopic (exact) mass is 290 g/mol. The van der Waals surface area contributed by atoms with Gasteiger partial charge >= 0.3 is 5.97 Å². The van der Waals surface area contributed by atoms with Gasteiger partial charge in [-0.2, -0.15) is 0 Å². The molecule has 1 saturated heterocycles. The van der Waals surface area contributed by atoms with Crippen LogP contribution in [0.25, 0.3) is 0 Å². The van der Waals surface area contributed by atoms with E-state index in [0.29, 0.717) is 5.57 Å². The van der Waals surface area contributed by atoms with Crippen molar-refractivity contribution in [3.63, 3.8) is 0 Å². The summed E-state index contributed by atoms with van der Waals surface area (Å²) in [7, 11) is 6.07. The van der Waals surface area contributed by atoms with E-state index < -0.39 is 36.7 Å². The van der Waals surface area contributed by atoms with Gasteiger partial charge in [-0.25, -0.2) is 4.79 Å². The van der Waals surface area contributed by atoms with Gasteiger partial charge in [-0.1, -0.05) is 0 Å². The second-order valence-electron chi connectivity index (χ2n) is 4.49. The fraction of sp³-hybridized carbons (Fsp3) is 0.769. The second-order valence-corrected chi connectivity index (χ2v) is 4.49. The molecule has 5 atom stereocenters.